The maximum absolute atomic E-state index is 12.0. The lowest BCUT2D eigenvalue weighted by atomic mass is 10.0. The first-order valence-electron chi connectivity index (χ1n) is 7.53. The highest BCUT2D eigenvalue weighted by Gasteiger charge is 2.29. The second kappa shape index (κ2) is 6.52. The molecule has 3 rings (SSSR count). The lowest BCUT2D eigenvalue weighted by Crippen LogP contribution is -2.15. The average Bonchev–Trinajstić information content (AvgIpc) is 3.26. The molecule has 0 unspecified atom stereocenters. The van der Waals surface area contributed by atoms with Gasteiger partial charge in [-0.15, -0.1) is 10.2 Å². The van der Waals surface area contributed by atoms with Crippen LogP contribution in [0.4, 0.5) is 5.69 Å². The van der Waals surface area contributed by atoms with E-state index in [4.69, 9.17) is 0 Å². The summed E-state index contributed by atoms with van der Waals surface area (Å²) in [6.07, 6.45) is 4.85. The van der Waals surface area contributed by atoms with Crippen LogP contribution in [0, 0.1) is 11.8 Å². The van der Waals surface area contributed by atoms with E-state index in [2.05, 4.69) is 22.4 Å². The van der Waals surface area contributed by atoms with Crippen molar-refractivity contribution >= 4 is 23.4 Å². The van der Waals surface area contributed by atoms with Crippen molar-refractivity contribution in [2.45, 2.75) is 36.2 Å². The number of benzene rings is 1. The number of carbonyl (C=O) groups is 1. The molecule has 0 aliphatic heterocycles. The van der Waals surface area contributed by atoms with Crippen LogP contribution in [0.25, 0.3) is 0 Å². The van der Waals surface area contributed by atoms with Crippen LogP contribution in [0.3, 0.4) is 0 Å². The van der Waals surface area contributed by atoms with Gasteiger partial charge in [0.2, 0.25) is 5.91 Å². The fraction of sp³-hybridized carbons (Fsp3) is 0.438. The first-order valence-corrected chi connectivity index (χ1v) is 8.35. The van der Waals surface area contributed by atoms with E-state index in [9.17, 15) is 4.79 Å². The van der Waals surface area contributed by atoms with E-state index >= 15 is 0 Å². The third-order valence-corrected chi connectivity index (χ3v) is 5.01. The quantitative estimate of drug-likeness (QED) is 0.888. The van der Waals surface area contributed by atoms with E-state index in [1.54, 1.807) is 18.1 Å². The lowest BCUT2D eigenvalue weighted by molar-refractivity contribution is -0.117. The second-order valence-electron chi connectivity index (χ2n) is 5.92. The topological polar surface area (TPSA) is 59.8 Å². The molecule has 1 atom stereocenters. The molecule has 2 aromatic rings. The highest BCUT2D eigenvalue weighted by molar-refractivity contribution is 7.99. The van der Waals surface area contributed by atoms with Crippen LogP contribution in [0.2, 0.25) is 0 Å². The number of carbonyl (C=O) groups excluding carboxylic acids is 1. The molecule has 116 valence electrons. The van der Waals surface area contributed by atoms with Gasteiger partial charge in [-0.05, 0) is 60.7 Å². The summed E-state index contributed by atoms with van der Waals surface area (Å²) >= 11 is 1.55. The molecule has 1 fully saturated rings. The summed E-state index contributed by atoms with van der Waals surface area (Å²) in [5, 5.41) is 11.7. The highest BCUT2D eigenvalue weighted by atomic mass is 32.2. The van der Waals surface area contributed by atoms with Gasteiger partial charge in [0.15, 0.2) is 5.16 Å². The molecule has 1 aromatic carbocycles. The Morgan fingerprint density at radius 1 is 1.41 bits per heavy atom. The first kappa shape index (κ1) is 15.1. The summed E-state index contributed by atoms with van der Waals surface area (Å²) in [5.41, 5.74) is 0.843. The Bertz CT molecular complexity index is 648. The molecule has 0 radical (unpaired) electrons. The monoisotopic (exact) mass is 316 g/mol. The van der Waals surface area contributed by atoms with E-state index in [1.165, 1.54) is 12.8 Å². The number of anilines is 1. The standard InChI is InChI=1S/C16H20N4OS/c1-11(12-3-4-12)9-15(21)18-13-5-7-14(8-6-13)22-16-19-17-10-20(16)2/h5-8,10-12H,3-4,9H2,1-2H3,(H,18,21)/t11-/m0/s1. The van der Waals surface area contributed by atoms with Crippen molar-refractivity contribution in [3.05, 3.63) is 30.6 Å². The van der Waals surface area contributed by atoms with E-state index in [-0.39, 0.29) is 5.91 Å². The molecule has 1 saturated carbocycles. The predicted molar refractivity (Wildman–Crippen MR) is 86.7 cm³/mol. The summed E-state index contributed by atoms with van der Waals surface area (Å²) in [4.78, 5) is 13.1. The van der Waals surface area contributed by atoms with Crippen molar-refractivity contribution in [1.82, 2.24) is 14.8 Å². The van der Waals surface area contributed by atoms with Gasteiger partial charge in [0.25, 0.3) is 0 Å². The van der Waals surface area contributed by atoms with Gasteiger partial charge in [0.05, 0.1) is 0 Å². The lowest BCUT2D eigenvalue weighted by Gasteiger charge is -2.10. The van der Waals surface area contributed by atoms with E-state index in [0.717, 1.165) is 21.7 Å². The molecule has 22 heavy (non-hydrogen) atoms. The van der Waals surface area contributed by atoms with Gasteiger partial charge in [0.1, 0.15) is 6.33 Å². The summed E-state index contributed by atoms with van der Waals surface area (Å²) < 4.78 is 1.87. The van der Waals surface area contributed by atoms with Crippen molar-refractivity contribution in [2.24, 2.45) is 18.9 Å². The zero-order valence-corrected chi connectivity index (χ0v) is 13.6. The zero-order valence-electron chi connectivity index (χ0n) is 12.8. The molecule has 1 amide bonds. The van der Waals surface area contributed by atoms with Crippen LogP contribution >= 0.6 is 11.8 Å². The van der Waals surface area contributed by atoms with E-state index in [1.807, 2.05) is 35.9 Å². The summed E-state index contributed by atoms with van der Waals surface area (Å²) in [7, 11) is 1.91. The van der Waals surface area contributed by atoms with Crippen LogP contribution in [0.15, 0.2) is 40.6 Å². The largest absolute Gasteiger partial charge is 0.326 e. The summed E-state index contributed by atoms with van der Waals surface area (Å²) in [6, 6.07) is 7.83. The Balaban J connectivity index is 1.54. The molecule has 0 bridgehead atoms. The minimum absolute atomic E-state index is 0.105. The third kappa shape index (κ3) is 3.88. The Hall–Kier alpha value is -1.82. The molecule has 1 aliphatic carbocycles. The maximum atomic E-state index is 12.0. The molecule has 1 N–H and O–H groups in total. The smallest absolute Gasteiger partial charge is 0.224 e. The van der Waals surface area contributed by atoms with Crippen molar-refractivity contribution in [1.29, 1.82) is 0 Å². The minimum Gasteiger partial charge on any atom is -0.326 e. The number of hydrogen-bond donors (Lipinski definition) is 1. The van der Waals surface area contributed by atoms with Crippen LogP contribution in [0.5, 0.6) is 0 Å². The Morgan fingerprint density at radius 2 is 2.14 bits per heavy atom. The molecular formula is C16H20N4OS. The number of amides is 1. The zero-order chi connectivity index (χ0) is 15.5. The van der Waals surface area contributed by atoms with Gasteiger partial charge in [-0.2, -0.15) is 0 Å². The molecule has 6 heteroatoms. The Morgan fingerprint density at radius 3 is 2.73 bits per heavy atom. The highest BCUT2D eigenvalue weighted by Crippen LogP contribution is 2.38. The van der Waals surface area contributed by atoms with Crippen LogP contribution in [-0.2, 0) is 11.8 Å². The number of nitrogens with one attached hydrogen (secondary N) is 1. The van der Waals surface area contributed by atoms with Gasteiger partial charge in [0, 0.05) is 24.1 Å². The number of aromatic nitrogens is 3. The fourth-order valence-corrected chi connectivity index (χ4v) is 3.18. The molecule has 1 aliphatic rings. The van der Waals surface area contributed by atoms with E-state index < -0.39 is 0 Å². The van der Waals surface area contributed by atoms with Crippen LogP contribution in [0.1, 0.15) is 26.2 Å². The maximum Gasteiger partial charge on any atom is 0.224 e. The van der Waals surface area contributed by atoms with Gasteiger partial charge in [-0.25, -0.2) is 0 Å². The van der Waals surface area contributed by atoms with Gasteiger partial charge < -0.3 is 9.88 Å². The van der Waals surface area contributed by atoms with Gasteiger partial charge in [-0.1, -0.05) is 6.92 Å². The summed E-state index contributed by atoms with van der Waals surface area (Å²) in [6.45, 7) is 2.16. The second-order valence-corrected chi connectivity index (χ2v) is 6.96. The fourth-order valence-electron chi connectivity index (χ4n) is 2.41. The van der Waals surface area contributed by atoms with E-state index in [0.29, 0.717) is 12.3 Å². The number of nitrogens with zero attached hydrogens (tertiary/aromatic N) is 3. The molecule has 0 saturated heterocycles. The SMILES string of the molecule is C[C@@H](CC(=O)Nc1ccc(Sc2nncn2C)cc1)C1CC1. The minimum atomic E-state index is 0.105. The van der Waals surface area contributed by atoms with Crippen molar-refractivity contribution in [3.8, 4) is 0 Å². The Kier molecular flexibility index (Phi) is 4.47. The van der Waals surface area contributed by atoms with Crippen molar-refractivity contribution in [3.63, 3.8) is 0 Å². The molecule has 1 aromatic heterocycles. The number of aryl methyl sites for hydroxylation is 1. The molecular weight excluding hydrogens is 296 g/mol. The van der Waals surface area contributed by atoms with Crippen LogP contribution < -0.4 is 5.32 Å². The van der Waals surface area contributed by atoms with Crippen LogP contribution in [-0.4, -0.2) is 20.7 Å². The number of hydrogen-bond acceptors (Lipinski definition) is 4. The number of rotatable bonds is 6. The average molecular weight is 316 g/mol. The molecule has 0 spiro atoms. The Labute approximate surface area is 134 Å². The van der Waals surface area contributed by atoms with Gasteiger partial charge in [-0.3, -0.25) is 4.79 Å². The van der Waals surface area contributed by atoms with Crippen molar-refractivity contribution < 1.29 is 4.79 Å². The molecule has 5 nitrogen and oxygen atoms in total. The normalized spacial score (nSPS) is 15.5. The first-order chi connectivity index (χ1) is 10.6. The third-order valence-electron chi connectivity index (χ3n) is 3.95. The van der Waals surface area contributed by atoms with Crippen molar-refractivity contribution in [2.75, 3.05) is 5.32 Å². The predicted octanol–water partition coefficient (Wildman–Crippen LogP) is 3.34. The van der Waals surface area contributed by atoms with Gasteiger partial charge >= 0.3 is 0 Å². The summed E-state index contributed by atoms with van der Waals surface area (Å²) in [5.74, 6) is 1.36. The molecule has 1 heterocycles.